The molecule has 180 valence electrons. The van der Waals surface area contributed by atoms with E-state index in [4.69, 9.17) is 4.98 Å². The fourth-order valence-electron chi connectivity index (χ4n) is 5.03. The van der Waals surface area contributed by atoms with Crippen LogP contribution in [0, 0.1) is 27.7 Å². The van der Waals surface area contributed by atoms with Gasteiger partial charge < -0.3 is 5.32 Å². The number of nitrogens with one attached hydrogen (secondary N) is 1. The van der Waals surface area contributed by atoms with E-state index < -0.39 is 9.84 Å². The van der Waals surface area contributed by atoms with Gasteiger partial charge in [0.25, 0.3) is 5.91 Å². The summed E-state index contributed by atoms with van der Waals surface area (Å²) in [7, 11) is -3.11. The van der Waals surface area contributed by atoms with Crippen LogP contribution in [0.1, 0.15) is 45.2 Å². The number of hydrogen-bond donors (Lipinski definition) is 1. The van der Waals surface area contributed by atoms with Gasteiger partial charge in [0.1, 0.15) is 0 Å². The van der Waals surface area contributed by atoms with Crippen molar-refractivity contribution in [3.8, 4) is 11.3 Å². The second-order valence-corrected chi connectivity index (χ2v) is 11.7. The summed E-state index contributed by atoms with van der Waals surface area (Å²) < 4.78 is 26.1. The van der Waals surface area contributed by atoms with Crippen LogP contribution in [-0.4, -0.2) is 40.6 Å². The predicted octanol–water partition coefficient (Wildman–Crippen LogP) is 4.94. The number of anilines is 1. The number of carbonyl (C=O) groups excluding carboxylic acids is 1. The molecule has 1 unspecified atom stereocenters. The summed E-state index contributed by atoms with van der Waals surface area (Å²) in [6.45, 7) is 7.84. The summed E-state index contributed by atoms with van der Waals surface area (Å²) in [6.07, 6.45) is 0.485. The van der Waals surface area contributed by atoms with E-state index in [0.29, 0.717) is 34.4 Å². The monoisotopic (exact) mass is 488 g/mol. The zero-order chi connectivity index (χ0) is 24.9. The van der Waals surface area contributed by atoms with Crippen molar-refractivity contribution in [3.63, 3.8) is 0 Å². The van der Waals surface area contributed by atoms with Crippen molar-refractivity contribution in [3.05, 3.63) is 76.5 Å². The van der Waals surface area contributed by atoms with Gasteiger partial charge in [-0.25, -0.2) is 18.1 Å². The lowest BCUT2D eigenvalue weighted by Gasteiger charge is -2.15. The van der Waals surface area contributed by atoms with Gasteiger partial charge in [0.2, 0.25) is 0 Å². The third-order valence-corrected chi connectivity index (χ3v) is 8.37. The highest BCUT2D eigenvalue weighted by molar-refractivity contribution is 7.91. The van der Waals surface area contributed by atoms with E-state index in [2.05, 4.69) is 10.4 Å². The Morgan fingerprint density at radius 3 is 2.34 bits per heavy atom. The highest BCUT2D eigenvalue weighted by atomic mass is 32.2. The molecule has 1 amide bonds. The standard InChI is InChI=1S/C27H28N4O3S/c1-16-12-17(2)25(18(3)13-16)29-27(32)22-14-23(20-8-6-5-7-9-20)28-26-24(22)19(4)30-31(26)21-10-11-35(33,34)15-21/h5-9,12-14,21H,10-11,15H2,1-4H3,(H,29,32). The summed E-state index contributed by atoms with van der Waals surface area (Å²) >= 11 is 0. The minimum atomic E-state index is -3.11. The van der Waals surface area contributed by atoms with Gasteiger partial charge in [0, 0.05) is 11.3 Å². The Kier molecular flexibility index (Phi) is 5.71. The van der Waals surface area contributed by atoms with Crippen molar-refractivity contribution in [1.29, 1.82) is 0 Å². The molecule has 0 bridgehead atoms. The molecule has 0 aliphatic carbocycles. The quantitative estimate of drug-likeness (QED) is 0.439. The van der Waals surface area contributed by atoms with Crippen molar-refractivity contribution in [2.45, 2.75) is 40.2 Å². The Morgan fingerprint density at radius 1 is 1.03 bits per heavy atom. The highest BCUT2D eigenvalue weighted by Crippen LogP contribution is 2.33. The van der Waals surface area contributed by atoms with E-state index in [-0.39, 0.29) is 23.5 Å². The number of amides is 1. The molecule has 1 aliphatic heterocycles. The number of benzene rings is 2. The maximum Gasteiger partial charge on any atom is 0.256 e. The van der Waals surface area contributed by atoms with Crippen LogP contribution in [-0.2, 0) is 9.84 Å². The number of nitrogens with zero attached hydrogens (tertiary/aromatic N) is 3. The first kappa shape index (κ1) is 23.2. The van der Waals surface area contributed by atoms with Crippen molar-refractivity contribution in [2.75, 3.05) is 16.8 Å². The number of aromatic nitrogens is 3. The van der Waals surface area contributed by atoms with Gasteiger partial charge in [-0.1, -0.05) is 48.0 Å². The van der Waals surface area contributed by atoms with Gasteiger partial charge in [-0.2, -0.15) is 5.10 Å². The second-order valence-electron chi connectivity index (χ2n) is 9.43. The number of pyridine rings is 1. The first-order valence-electron chi connectivity index (χ1n) is 11.7. The average molecular weight is 489 g/mol. The molecule has 4 aromatic rings. The topological polar surface area (TPSA) is 93.9 Å². The normalized spacial score (nSPS) is 17.1. The molecule has 1 fully saturated rings. The summed E-state index contributed by atoms with van der Waals surface area (Å²) in [5, 5.41) is 8.44. The minimum absolute atomic E-state index is 0.0315. The Hall–Kier alpha value is -3.52. The SMILES string of the molecule is Cc1cc(C)c(NC(=O)c2cc(-c3ccccc3)nc3c2c(C)nn3C2CCS(=O)(=O)C2)c(C)c1. The maximum absolute atomic E-state index is 13.7. The van der Waals surface area contributed by atoms with Crippen molar-refractivity contribution < 1.29 is 13.2 Å². The fraction of sp³-hybridized carbons (Fsp3) is 0.296. The third kappa shape index (κ3) is 4.34. The van der Waals surface area contributed by atoms with Crippen LogP contribution >= 0.6 is 0 Å². The Labute approximate surface area is 205 Å². The second kappa shape index (κ2) is 8.61. The number of rotatable bonds is 4. The summed E-state index contributed by atoms with van der Waals surface area (Å²) in [5.41, 5.74) is 7.09. The van der Waals surface area contributed by atoms with Gasteiger partial charge in [0.15, 0.2) is 15.5 Å². The Balaban J connectivity index is 1.68. The van der Waals surface area contributed by atoms with Crippen molar-refractivity contribution in [1.82, 2.24) is 14.8 Å². The lowest BCUT2D eigenvalue weighted by Crippen LogP contribution is -2.16. The van der Waals surface area contributed by atoms with Crippen LogP contribution in [0.25, 0.3) is 22.3 Å². The van der Waals surface area contributed by atoms with Crippen LogP contribution in [0.2, 0.25) is 0 Å². The van der Waals surface area contributed by atoms with Gasteiger partial charge in [-0.05, 0) is 51.3 Å². The third-order valence-electron chi connectivity index (χ3n) is 6.62. The van der Waals surface area contributed by atoms with E-state index in [1.54, 1.807) is 10.7 Å². The van der Waals surface area contributed by atoms with E-state index in [1.165, 1.54) is 0 Å². The minimum Gasteiger partial charge on any atom is -0.321 e. The summed E-state index contributed by atoms with van der Waals surface area (Å²) in [6, 6.07) is 15.3. The molecule has 0 radical (unpaired) electrons. The molecule has 35 heavy (non-hydrogen) atoms. The molecular formula is C27H28N4O3S. The summed E-state index contributed by atoms with van der Waals surface area (Å²) in [4.78, 5) is 18.6. The van der Waals surface area contributed by atoms with Crippen LogP contribution in [0.4, 0.5) is 5.69 Å². The Morgan fingerprint density at radius 2 is 1.71 bits per heavy atom. The van der Waals surface area contributed by atoms with Gasteiger partial charge >= 0.3 is 0 Å². The van der Waals surface area contributed by atoms with Gasteiger partial charge in [-0.3, -0.25) is 4.79 Å². The molecule has 2 aromatic heterocycles. The lowest BCUT2D eigenvalue weighted by atomic mass is 10.0. The molecule has 1 atom stereocenters. The summed E-state index contributed by atoms with van der Waals surface area (Å²) in [5.74, 6) is -0.0780. The van der Waals surface area contributed by atoms with E-state index in [9.17, 15) is 13.2 Å². The smallest absolute Gasteiger partial charge is 0.256 e. The fourth-order valence-corrected chi connectivity index (χ4v) is 6.72. The molecule has 1 saturated heterocycles. The largest absolute Gasteiger partial charge is 0.321 e. The highest BCUT2D eigenvalue weighted by Gasteiger charge is 2.32. The Bertz CT molecular complexity index is 1550. The molecular weight excluding hydrogens is 460 g/mol. The number of fused-ring (bicyclic) bond motifs is 1. The molecule has 8 heteroatoms. The molecule has 1 aliphatic rings. The number of aryl methyl sites for hydroxylation is 4. The molecule has 2 aromatic carbocycles. The molecule has 1 N–H and O–H groups in total. The van der Waals surface area contributed by atoms with Crippen molar-refractivity contribution >= 4 is 32.5 Å². The molecule has 7 nitrogen and oxygen atoms in total. The van der Waals surface area contributed by atoms with Gasteiger partial charge in [-0.15, -0.1) is 0 Å². The first-order chi connectivity index (χ1) is 16.6. The van der Waals surface area contributed by atoms with Crippen LogP contribution in [0.3, 0.4) is 0 Å². The van der Waals surface area contributed by atoms with Crippen LogP contribution < -0.4 is 5.32 Å². The number of hydrogen-bond acceptors (Lipinski definition) is 5. The van der Waals surface area contributed by atoms with Crippen molar-refractivity contribution in [2.24, 2.45) is 0 Å². The molecule has 0 spiro atoms. The molecule has 0 saturated carbocycles. The number of sulfone groups is 1. The first-order valence-corrected chi connectivity index (χ1v) is 13.5. The van der Waals surface area contributed by atoms with E-state index >= 15 is 0 Å². The molecule has 5 rings (SSSR count). The van der Waals surface area contributed by atoms with Gasteiger partial charge in [0.05, 0.1) is 39.9 Å². The van der Waals surface area contributed by atoms with E-state index in [1.807, 2.05) is 70.2 Å². The van der Waals surface area contributed by atoms with E-state index in [0.717, 1.165) is 27.9 Å². The molecule has 3 heterocycles. The number of carbonyl (C=O) groups is 1. The maximum atomic E-state index is 13.7. The lowest BCUT2D eigenvalue weighted by molar-refractivity contribution is 0.102. The zero-order valence-electron chi connectivity index (χ0n) is 20.3. The predicted molar refractivity (Wildman–Crippen MR) is 139 cm³/mol. The zero-order valence-corrected chi connectivity index (χ0v) is 21.1. The van der Waals surface area contributed by atoms with Crippen LogP contribution in [0.5, 0.6) is 0 Å². The van der Waals surface area contributed by atoms with Crippen LogP contribution in [0.15, 0.2) is 48.5 Å². The average Bonchev–Trinajstić information content (AvgIpc) is 3.34.